The van der Waals surface area contributed by atoms with Gasteiger partial charge in [0.15, 0.2) is 0 Å². The van der Waals surface area contributed by atoms with E-state index in [-0.39, 0.29) is 29.3 Å². The average Bonchev–Trinajstić information content (AvgIpc) is 2.45. The zero-order valence-electron chi connectivity index (χ0n) is 14.7. The molecule has 0 aromatic heterocycles. The van der Waals surface area contributed by atoms with Crippen molar-refractivity contribution in [2.45, 2.75) is 64.2 Å². The lowest BCUT2D eigenvalue weighted by molar-refractivity contribution is 0.0692. The minimum absolute atomic E-state index is 0.0128. The molecule has 1 aromatic rings. The van der Waals surface area contributed by atoms with Gasteiger partial charge in [-0.05, 0) is 38.5 Å². The molecule has 1 heterocycles. The first-order valence-corrected chi connectivity index (χ1v) is 8.01. The maximum absolute atomic E-state index is 11.7. The summed E-state index contributed by atoms with van der Waals surface area (Å²) >= 11 is 0. The van der Waals surface area contributed by atoms with Crippen LogP contribution in [0.1, 0.15) is 46.6 Å². The third-order valence-corrected chi connectivity index (χ3v) is 4.17. The Balaban J connectivity index is 2.18. The molecule has 4 heteroatoms. The van der Waals surface area contributed by atoms with Crippen LogP contribution < -0.4 is 10.1 Å². The molecule has 2 atom stereocenters. The highest BCUT2D eigenvalue weighted by Crippen LogP contribution is 2.33. The summed E-state index contributed by atoms with van der Waals surface area (Å²) in [6.45, 7) is 14.1. The third kappa shape index (κ3) is 4.27. The smallest absolute Gasteiger partial charge is 0.407 e. The Bertz CT molecular complexity index is 569. The fraction of sp³-hybridized carbons (Fsp3) is 0.526. The number of carbonyl (C=O) groups excluding carboxylic acids is 1. The molecule has 0 spiro atoms. The maximum atomic E-state index is 11.7. The second-order valence-electron chi connectivity index (χ2n) is 7.57. The summed E-state index contributed by atoms with van der Waals surface area (Å²) in [6, 6.07) is 8.07. The SMILES string of the molecule is C=C[C@H]1C[C@H](C(C)(C)c2ccc(OC(C)(C)C)cc2)NC(=O)O1. The first-order valence-electron chi connectivity index (χ1n) is 8.01. The molecule has 126 valence electrons. The fourth-order valence-corrected chi connectivity index (χ4v) is 2.78. The van der Waals surface area contributed by atoms with Crippen molar-refractivity contribution in [1.82, 2.24) is 5.32 Å². The van der Waals surface area contributed by atoms with Gasteiger partial charge in [0.05, 0.1) is 0 Å². The van der Waals surface area contributed by atoms with E-state index in [2.05, 4.69) is 37.9 Å². The van der Waals surface area contributed by atoms with Gasteiger partial charge in [-0.15, -0.1) is 0 Å². The van der Waals surface area contributed by atoms with Crippen molar-refractivity contribution in [3.63, 3.8) is 0 Å². The molecule has 1 aromatic carbocycles. The van der Waals surface area contributed by atoms with E-state index in [1.807, 2.05) is 32.9 Å². The molecule has 4 nitrogen and oxygen atoms in total. The number of benzene rings is 1. The Morgan fingerprint density at radius 2 is 1.83 bits per heavy atom. The molecule has 0 unspecified atom stereocenters. The largest absolute Gasteiger partial charge is 0.488 e. The normalized spacial score (nSPS) is 22.0. The van der Waals surface area contributed by atoms with Gasteiger partial charge in [-0.2, -0.15) is 0 Å². The lowest BCUT2D eigenvalue weighted by atomic mass is 9.75. The minimum Gasteiger partial charge on any atom is -0.488 e. The van der Waals surface area contributed by atoms with E-state index in [0.717, 1.165) is 11.3 Å². The fourth-order valence-electron chi connectivity index (χ4n) is 2.78. The number of hydrogen-bond donors (Lipinski definition) is 1. The summed E-state index contributed by atoms with van der Waals surface area (Å²) in [6.07, 6.45) is 1.77. The van der Waals surface area contributed by atoms with Gasteiger partial charge in [0, 0.05) is 17.9 Å². The van der Waals surface area contributed by atoms with Gasteiger partial charge in [-0.1, -0.05) is 38.6 Å². The van der Waals surface area contributed by atoms with Crippen molar-refractivity contribution < 1.29 is 14.3 Å². The van der Waals surface area contributed by atoms with Crippen LogP contribution in [0.15, 0.2) is 36.9 Å². The van der Waals surface area contributed by atoms with E-state index in [0.29, 0.717) is 6.42 Å². The van der Waals surface area contributed by atoms with E-state index in [1.165, 1.54) is 0 Å². The summed E-state index contributed by atoms with van der Waals surface area (Å²) in [5, 5.41) is 2.93. The number of carbonyl (C=O) groups is 1. The van der Waals surface area contributed by atoms with Crippen LogP contribution in [-0.4, -0.2) is 23.8 Å². The Labute approximate surface area is 138 Å². The highest BCUT2D eigenvalue weighted by molar-refractivity contribution is 5.69. The highest BCUT2D eigenvalue weighted by atomic mass is 16.6. The van der Waals surface area contributed by atoms with Gasteiger partial charge < -0.3 is 14.8 Å². The van der Waals surface area contributed by atoms with Gasteiger partial charge >= 0.3 is 6.09 Å². The number of nitrogens with one attached hydrogen (secondary N) is 1. The molecule has 1 aliphatic rings. The summed E-state index contributed by atoms with van der Waals surface area (Å²) < 4.78 is 11.0. The van der Waals surface area contributed by atoms with Crippen molar-refractivity contribution in [3.8, 4) is 5.75 Å². The molecule has 1 fully saturated rings. The quantitative estimate of drug-likeness (QED) is 0.847. The van der Waals surface area contributed by atoms with Crippen LogP contribution in [0.4, 0.5) is 4.79 Å². The summed E-state index contributed by atoms with van der Waals surface area (Å²) in [5.74, 6) is 0.844. The topological polar surface area (TPSA) is 47.6 Å². The van der Waals surface area contributed by atoms with Crippen molar-refractivity contribution in [2.75, 3.05) is 0 Å². The first-order chi connectivity index (χ1) is 10.6. The van der Waals surface area contributed by atoms with E-state index >= 15 is 0 Å². The van der Waals surface area contributed by atoms with Crippen LogP contribution in [0.2, 0.25) is 0 Å². The Morgan fingerprint density at radius 3 is 2.35 bits per heavy atom. The predicted molar refractivity (Wildman–Crippen MR) is 91.9 cm³/mol. The second kappa shape index (κ2) is 6.26. The van der Waals surface area contributed by atoms with Gasteiger partial charge in [-0.3, -0.25) is 0 Å². The van der Waals surface area contributed by atoms with Crippen molar-refractivity contribution in [1.29, 1.82) is 0 Å². The van der Waals surface area contributed by atoms with Crippen LogP contribution >= 0.6 is 0 Å². The summed E-state index contributed by atoms with van der Waals surface area (Å²) in [5.41, 5.74) is 0.706. The van der Waals surface area contributed by atoms with E-state index < -0.39 is 0 Å². The van der Waals surface area contributed by atoms with Crippen LogP contribution in [0, 0.1) is 0 Å². The van der Waals surface area contributed by atoms with Crippen LogP contribution in [0.25, 0.3) is 0 Å². The Kier molecular flexibility index (Phi) is 4.73. The number of ether oxygens (including phenoxy) is 2. The average molecular weight is 317 g/mol. The highest BCUT2D eigenvalue weighted by Gasteiger charge is 2.38. The molecule has 0 saturated carbocycles. The van der Waals surface area contributed by atoms with Crippen LogP contribution in [0.5, 0.6) is 5.75 Å². The van der Waals surface area contributed by atoms with Gasteiger partial charge in [0.1, 0.15) is 17.5 Å². The number of hydrogen-bond acceptors (Lipinski definition) is 3. The lowest BCUT2D eigenvalue weighted by Crippen LogP contribution is -2.53. The van der Waals surface area contributed by atoms with E-state index in [4.69, 9.17) is 9.47 Å². The monoisotopic (exact) mass is 317 g/mol. The van der Waals surface area contributed by atoms with Crippen molar-refractivity contribution in [2.24, 2.45) is 0 Å². The molecule has 1 N–H and O–H groups in total. The standard InChI is InChI=1S/C19H27NO3/c1-7-14-12-16(20-17(21)22-14)19(5,6)13-8-10-15(11-9-13)23-18(2,3)4/h7-11,14,16H,1,12H2,2-6H3,(H,20,21)/t14-,16+/m0/s1. The van der Waals surface area contributed by atoms with Gasteiger partial charge in [-0.25, -0.2) is 4.79 Å². The van der Waals surface area contributed by atoms with Crippen LogP contribution in [-0.2, 0) is 10.2 Å². The van der Waals surface area contributed by atoms with E-state index in [1.54, 1.807) is 6.08 Å². The maximum Gasteiger partial charge on any atom is 0.407 e. The molecule has 1 amide bonds. The zero-order chi connectivity index (χ0) is 17.3. The van der Waals surface area contributed by atoms with Crippen LogP contribution in [0.3, 0.4) is 0 Å². The molecule has 1 aliphatic heterocycles. The van der Waals surface area contributed by atoms with Gasteiger partial charge in [0.2, 0.25) is 0 Å². The number of rotatable bonds is 4. The third-order valence-electron chi connectivity index (χ3n) is 4.17. The molecular formula is C19H27NO3. The molecule has 2 rings (SSSR count). The molecule has 0 bridgehead atoms. The number of alkyl carbamates (subject to hydrolysis) is 1. The lowest BCUT2D eigenvalue weighted by Gasteiger charge is -2.39. The summed E-state index contributed by atoms with van der Waals surface area (Å²) in [4.78, 5) is 11.7. The number of cyclic esters (lactones) is 1. The van der Waals surface area contributed by atoms with Gasteiger partial charge in [0.25, 0.3) is 0 Å². The second-order valence-corrected chi connectivity index (χ2v) is 7.57. The number of amides is 1. The van der Waals surface area contributed by atoms with Crippen molar-refractivity contribution >= 4 is 6.09 Å². The molecule has 1 saturated heterocycles. The molecule has 0 aliphatic carbocycles. The molecular weight excluding hydrogens is 290 g/mol. The first kappa shape index (κ1) is 17.4. The van der Waals surface area contributed by atoms with E-state index in [9.17, 15) is 4.79 Å². The van der Waals surface area contributed by atoms with Crippen molar-refractivity contribution in [3.05, 3.63) is 42.5 Å². The zero-order valence-corrected chi connectivity index (χ0v) is 14.7. The predicted octanol–water partition coefficient (Wildman–Crippen LogP) is 4.19. The Hall–Kier alpha value is -1.97. The molecule has 0 radical (unpaired) electrons. The summed E-state index contributed by atoms with van der Waals surface area (Å²) in [7, 11) is 0. The minimum atomic E-state index is -0.382. The molecule has 23 heavy (non-hydrogen) atoms. The Morgan fingerprint density at radius 1 is 1.22 bits per heavy atom.